The zero-order valence-electron chi connectivity index (χ0n) is 23.2. The number of methoxy groups -OCH3 is 2. The molecule has 2 aromatic carbocycles. The number of likely N-dealkylation sites (N-methyl/N-ethyl adjacent to an activating group) is 1. The van der Waals surface area contributed by atoms with E-state index in [1.807, 2.05) is 78.5 Å². The van der Waals surface area contributed by atoms with Crippen molar-refractivity contribution in [2.45, 2.75) is 26.7 Å². The van der Waals surface area contributed by atoms with Crippen LogP contribution in [0.4, 0.5) is 0 Å². The molecule has 0 radical (unpaired) electrons. The van der Waals surface area contributed by atoms with Crippen molar-refractivity contribution in [2.24, 2.45) is 0 Å². The molecule has 0 fully saturated rings. The number of aryl methyl sites for hydroxylation is 2. The molecule has 0 spiro atoms. The number of thiazole rings is 1. The van der Waals surface area contributed by atoms with Crippen LogP contribution in [0.2, 0.25) is 0 Å². The minimum absolute atomic E-state index is 0.0848. The van der Waals surface area contributed by atoms with Gasteiger partial charge >= 0.3 is 0 Å². The van der Waals surface area contributed by atoms with E-state index in [0.717, 1.165) is 16.9 Å². The third kappa shape index (κ3) is 5.22. The third-order valence-corrected chi connectivity index (χ3v) is 7.78. The number of ether oxygens (including phenoxy) is 2. The highest BCUT2D eigenvalue weighted by atomic mass is 32.1. The standard InChI is InChI=1S/C30H31N5O4S/c1-19-15-24(32-35(19)22-9-7-6-8-10-22)28-20(2)31-30-34(29(28)37)23(18-40-30)17-27(36)33(3)14-13-21-11-12-25(38-4)26(16-21)39-5/h6-12,15-16,18H,13-14,17H2,1-5H3. The van der Waals surface area contributed by atoms with E-state index in [2.05, 4.69) is 4.98 Å². The van der Waals surface area contributed by atoms with E-state index in [-0.39, 0.29) is 17.9 Å². The summed E-state index contributed by atoms with van der Waals surface area (Å²) in [5.41, 5.74) is 4.83. The molecule has 206 valence electrons. The maximum atomic E-state index is 13.8. The van der Waals surface area contributed by atoms with Crippen LogP contribution in [0, 0.1) is 13.8 Å². The number of fused-ring (bicyclic) bond motifs is 1. The van der Waals surface area contributed by atoms with Crippen LogP contribution in [-0.2, 0) is 17.6 Å². The van der Waals surface area contributed by atoms with Gasteiger partial charge in [-0.2, -0.15) is 5.10 Å². The summed E-state index contributed by atoms with van der Waals surface area (Å²) in [4.78, 5) is 33.9. The van der Waals surface area contributed by atoms with Gasteiger partial charge in [0.15, 0.2) is 16.5 Å². The lowest BCUT2D eigenvalue weighted by atomic mass is 10.1. The minimum atomic E-state index is -0.225. The van der Waals surface area contributed by atoms with E-state index in [1.54, 1.807) is 30.6 Å². The second-order valence-electron chi connectivity index (χ2n) is 9.57. The van der Waals surface area contributed by atoms with Gasteiger partial charge in [0, 0.05) is 30.4 Å². The normalized spacial score (nSPS) is 11.1. The van der Waals surface area contributed by atoms with Crippen LogP contribution in [0.25, 0.3) is 21.9 Å². The molecule has 0 unspecified atom stereocenters. The van der Waals surface area contributed by atoms with Crippen molar-refractivity contribution in [3.05, 3.63) is 93.0 Å². The van der Waals surface area contributed by atoms with Crippen LogP contribution in [0.5, 0.6) is 11.5 Å². The van der Waals surface area contributed by atoms with Gasteiger partial charge in [0.05, 0.1) is 37.6 Å². The molecule has 0 N–H and O–H groups in total. The fraction of sp³-hybridized carbons (Fsp3) is 0.267. The van der Waals surface area contributed by atoms with E-state index in [4.69, 9.17) is 14.6 Å². The van der Waals surface area contributed by atoms with Gasteiger partial charge in [-0.25, -0.2) is 9.67 Å². The fourth-order valence-corrected chi connectivity index (χ4v) is 5.62. The number of hydrogen-bond donors (Lipinski definition) is 0. The average molecular weight is 558 g/mol. The molecular formula is C30H31N5O4S. The van der Waals surface area contributed by atoms with Crippen molar-refractivity contribution in [1.29, 1.82) is 0 Å². The Morgan fingerprint density at radius 1 is 1.02 bits per heavy atom. The third-order valence-electron chi connectivity index (χ3n) is 6.91. The Labute approximate surface area is 236 Å². The lowest BCUT2D eigenvalue weighted by molar-refractivity contribution is -0.129. The SMILES string of the molecule is COc1ccc(CCN(C)C(=O)Cc2csc3nc(C)c(-c4cc(C)n(-c5ccccc5)n4)c(=O)n23)cc1OC. The van der Waals surface area contributed by atoms with Gasteiger partial charge in [0.1, 0.15) is 5.69 Å². The van der Waals surface area contributed by atoms with Crippen molar-refractivity contribution < 1.29 is 14.3 Å². The van der Waals surface area contributed by atoms with E-state index in [1.165, 1.54) is 11.3 Å². The van der Waals surface area contributed by atoms with Gasteiger partial charge in [-0.3, -0.25) is 14.0 Å². The van der Waals surface area contributed by atoms with Crippen molar-refractivity contribution >= 4 is 22.2 Å². The lowest BCUT2D eigenvalue weighted by Crippen LogP contribution is -2.31. The number of rotatable bonds is 9. The highest BCUT2D eigenvalue weighted by Crippen LogP contribution is 2.28. The zero-order valence-corrected chi connectivity index (χ0v) is 24.0. The first-order valence-electron chi connectivity index (χ1n) is 12.9. The maximum Gasteiger partial charge on any atom is 0.268 e. The molecule has 0 saturated heterocycles. The molecule has 0 saturated carbocycles. The summed E-state index contributed by atoms with van der Waals surface area (Å²) in [6.07, 6.45) is 0.741. The number of aromatic nitrogens is 4. The number of hydrogen-bond acceptors (Lipinski definition) is 7. The highest BCUT2D eigenvalue weighted by molar-refractivity contribution is 7.15. The number of carbonyl (C=O) groups excluding carboxylic acids is 1. The molecule has 1 amide bonds. The summed E-state index contributed by atoms with van der Waals surface area (Å²) >= 11 is 1.35. The number of nitrogens with zero attached hydrogens (tertiary/aromatic N) is 5. The molecule has 9 nitrogen and oxygen atoms in total. The maximum absolute atomic E-state index is 13.8. The first-order chi connectivity index (χ1) is 19.3. The monoisotopic (exact) mass is 557 g/mol. The first kappa shape index (κ1) is 27.1. The minimum Gasteiger partial charge on any atom is -0.493 e. The lowest BCUT2D eigenvalue weighted by Gasteiger charge is -2.18. The highest BCUT2D eigenvalue weighted by Gasteiger charge is 2.21. The summed E-state index contributed by atoms with van der Waals surface area (Å²) in [5.74, 6) is 1.23. The molecular weight excluding hydrogens is 526 g/mol. The largest absolute Gasteiger partial charge is 0.493 e. The van der Waals surface area contributed by atoms with Crippen molar-refractivity contribution in [3.63, 3.8) is 0 Å². The van der Waals surface area contributed by atoms with E-state index in [9.17, 15) is 9.59 Å². The second-order valence-corrected chi connectivity index (χ2v) is 10.4. The predicted molar refractivity (Wildman–Crippen MR) is 156 cm³/mol. The second kappa shape index (κ2) is 11.4. The van der Waals surface area contributed by atoms with E-state index < -0.39 is 0 Å². The van der Waals surface area contributed by atoms with Gasteiger partial charge in [-0.15, -0.1) is 11.3 Å². The van der Waals surface area contributed by atoms with E-state index in [0.29, 0.717) is 52.1 Å². The number of para-hydroxylation sites is 1. The Hall–Kier alpha value is -4.44. The Morgan fingerprint density at radius 2 is 1.77 bits per heavy atom. The zero-order chi connectivity index (χ0) is 28.4. The van der Waals surface area contributed by atoms with Gasteiger partial charge < -0.3 is 14.4 Å². The molecule has 3 heterocycles. The molecule has 0 aliphatic heterocycles. The summed E-state index contributed by atoms with van der Waals surface area (Å²) in [5, 5.41) is 6.57. The van der Waals surface area contributed by atoms with Gasteiger partial charge in [0.25, 0.3) is 5.56 Å². The summed E-state index contributed by atoms with van der Waals surface area (Å²) < 4.78 is 14.0. The molecule has 3 aromatic heterocycles. The topological polar surface area (TPSA) is 91.0 Å². The van der Waals surface area contributed by atoms with Crippen LogP contribution < -0.4 is 15.0 Å². The van der Waals surface area contributed by atoms with Crippen molar-refractivity contribution in [2.75, 3.05) is 27.8 Å². The van der Waals surface area contributed by atoms with Gasteiger partial charge in [-0.1, -0.05) is 24.3 Å². The molecule has 10 heteroatoms. The van der Waals surface area contributed by atoms with Crippen LogP contribution in [-0.4, -0.2) is 57.8 Å². The van der Waals surface area contributed by atoms with Crippen LogP contribution in [0.15, 0.2) is 64.8 Å². The predicted octanol–water partition coefficient (Wildman–Crippen LogP) is 4.49. The van der Waals surface area contributed by atoms with E-state index >= 15 is 0 Å². The van der Waals surface area contributed by atoms with Crippen LogP contribution in [0.3, 0.4) is 0 Å². The molecule has 0 atom stereocenters. The Balaban J connectivity index is 1.38. The molecule has 0 aliphatic rings. The summed E-state index contributed by atoms with van der Waals surface area (Å²) in [7, 11) is 4.97. The Bertz CT molecular complexity index is 1740. The Morgan fingerprint density at radius 3 is 2.50 bits per heavy atom. The number of benzene rings is 2. The number of carbonyl (C=O) groups is 1. The quantitative estimate of drug-likeness (QED) is 0.265. The van der Waals surface area contributed by atoms with Gasteiger partial charge in [0.2, 0.25) is 5.91 Å². The summed E-state index contributed by atoms with van der Waals surface area (Å²) in [6, 6.07) is 17.4. The average Bonchev–Trinajstić information content (AvgIpc) is 3.54. The molecule has 5 rings (SSSR count). The van der Waals surface area contributed by atoms with Crippen LogP contribution >= 0.6 is 11.3 Å². The molecule has 40 heavy (non-hydrogen) atoms. The smallest absolute Gasteiger partial charge is 0.268 e. The Kier molecular flexibility index (Phi) is 7.70. The fourth-order valence-electron chi connectivity index (χ4n) is 4.70. The molecule has 0 aliphatic carbocycles. The summed E-state index contributed by atoms with van der Waals surface area (Å²) in [6.45, 7) is 4.29. The van der Waals surface area contributed by atoms with Crippen molar-refractivity contribution in [3.8, 4) is 28.4 Å². The van der Waals surface area contributed by atoms with Crippen LogP contribution in [0.1, 0.15) is 22.6 Å². The number of amides is 1. The van der Waals surface area contributed by atoms with Crippen molar-refractivity contribution in [1.82, 2.24) is 24.1 Å². The first-order valence-corrected chi connectivity index (χ1v) is 13.8. The molecule has 5 aromatic rings. The van der Waals surface area contributed by atoms with Gasteiger partial charge in [-0.05, 0) is 56.2 Å². The molecule has 0 bridgehead atoms.